The molecule has 2 saturated carbocycles. The average Bonchev–Trinajstić information content (AvgIpc) is 3.45. The molecule has 5 atom stereocenters. The van der Waals surface area contributed by atoms with Crippen LogP contribution < -0.4 is 21.4 Å². The van der Waals surface area contributed by atoms with Gasteiger partial charge in [0.05, 0.1) is 12.6 Å². The molecular weight excluding hydrogens is 484 g/mol. The fraction of sp³-hybridized carbons (Fsp3) is 0.414. The summed E-state index contributed by atoms with van der Waals surface area (Å²) < 4.78 is 0. The van der Waals surface area contributed by atoms with Crippen LogP contribution in [0, 0.1) is 23.2 Å². The number of rotatable bonds is 8. The number of hydrogen-bond acceptors (Lipinski definition) is 6. The number of carbonyl (C=O) groups excluding carboxylic acids is 3. The number of aliphatic hydroxyl groups is 1. The molecule has 0 aromatic heterocycles. The molecule has 0 aliphatic heterocycles. The van der Waals surface area contributed by atoms with Crippen LogP contribution in [0.5, 0.6) is 0 Å². The summed E-state index contributed by atoms with van der Waals surface area (Å²) in [6.07, 6.45) is 3.79. The van der Waals surface area contributed by atoms with Crippen LogP contribution in [0.2, 0.25) is 0 Å². The number of amides is 3. The third-order valence-corrected chi connectivity index (χ3v) is 7.51. The zero-order chi connectivity index (χ0) is 27.3. The number of hydrogen-bond donors (Lipinski definition) is 6. The number of benzene rings is 2. The lowest BCUT2D eigenvalue weighted by Gasteiger charge is -2.27. The van der Waals surface area contributed by atoms with Gasteiger partial charge in [-0.3, -0.25) is 19.6 Å². The van der Waals surface area contributed by atoms with Crippen molar-refractivity contribution < 1.29 is 24.7 Å². The van der Waals surface area contributed by atoms with Crippen LogP contribution in [-0.4, -0.2) is 52.8 Å². The number of nitrogens with one attached hydrogen (secondary N) is 4. The van der Waals surface area contributed by atoms with Crippen molar-refractivity contribution in [2.45, 2.75) is 57.7 Å². The molecule has 3 amide bonds. The first-order chi connectivity index (χ1) is 18.2. The summed E-state index contributed by atoms with van der Waals surface area (Å²) in [5.41, 5.74) is 4.31. The highest BCUT2D eigenvalue weighted by molar-refractivity contribution is 5.97. The van der Waals surface area contributed by atoms with Gasteiger partial charge in [-0.15, -0.1) is 0 Å². The zero-order valence-corrected chi connectivity index (χ0v) is 21.6. The molecule has 0 heterocycles. The molecule has 2 aliphatic rings. The molecule has 2 bridgehead atoms. The minimum atomic E-state index is -1.29. The Bertz CT molecular complexity index is 1230. The predicted molar refractivity (Wildman–Crippen MR) is 142 cm³/mol. The lowest BCUT2D eigenvalue weighted by atomic mass is 9.85. The minimum Gasteiger partial charge on any atom is -0.391 e. The molecule has 9 nitrogen and oxygen atoms in total. The predicted octanol–water partition coefficient (Wildman–Crippen LogP) is 2.18. The molecule has 2 aliphatic carbocycles. The third-order valence-electron chi connectivity index (χ3n) is 7.51. The maximum atomic E-state index is 12.4. The van der Waals surface area contributed by atoms with E-state index < -0.39 is 24.0 Å². The second-order valence-corrected chi connectivity index (χ2v) is 10.6. The maximum absolute atomic E-state index is 12.4. The third kappa shape index (κ3) is 6.78. The van der Waals surface area contributed by atoms with Crippen LogP contribution in [0.3, 0.4) is 0 Å². The lowest BCUT2D eigenvalue weighted by Crippen LogP contribution is -2.51. The van der Waals surface area contributed by atoms with Gasteiger partial charge >= 0.3 is 0 Å². The van der Waals surface area contributed by atoms with Crippen LogP contribution >= 0.6 is 0 Å². The van der Waals surface area contributed by atoms with Gasteiger partial charge in [-0.2, -0.15) is 0 Å². The summed E-state index contributed by atoms with van der Waals surface area (Å²) in [5, 5.41) is 27.2. The molecule has 4 rings (SSSR count). The van der Waals surface area contributed by atoms with Gasteiger partial charge in [-0.05, 0) is 92.5 Å². The second-order valence-electron chi connectivity index (χ2n) is 10.6. The standard InChI is InChI=1S/C29H34N4O5/c1-18(34)26(28(37)33-38)32-27(36)21-9-5-19(6-10-21)3-4-20-7-11-23(12-8-20)31-25(35)17-30-24-16-29(2)14-13-22(24)15-29/h5-12,18,22,24,26,30,34,38H,13-17H2,1-2H3,(H,31,35)(H,32,36)(H,33,37)/t18-,22?,24?,26+,29?/m1/s1. The van der Waals surface area contributed by atoms with Crippen molar-refractivity contribution in [3.05, 3.63) is 65.2 Å². The van der Waals surface area contributed by atoms with Crippen LogP contribution in [0.25, 0.3) is 0 Å². The van der Waals surface area contributed by atoms with Crippen LogP contribution in [0.4, 0.5) is 5.69 Å². The highest BCUT2D eigenvalue weighted by Crippen LogP contribution is 2.53. The van der Waals surface area contributed by atoms with E-state index in [1.807, 2.05) is 24.3 Å². The van der Waals surface area contributed by atoms with E-state index in [2.05, 4.69) is 34.7 Å². The molecular formula is C29H34N4O5. The summed E-state index contributed by atoms with van der Waals surface area (Å²) in [6.45, 7) is 3.99. The van der Waals surface area contributed by atoms with Crippen molar-refractivity contribution in [1.29, 1.82) is 0 Å². The average molecular weight is 519 g/mol. The Hall–Kier alpha value is -3.71. The number of anilines is 1. The quantitative estimate of drug-likeness (QED) is 0.180. The molecule has 0 spiro atoms. The van der Waals surface area contributed by atoms with Gasteiger partial charge in [-0.1, -0.05) is 18.8 Å². The van der Waals surface area contributed by atoms with Gasteiger partial charge in [-0.25, -0.2) is 5.48 Å². The second kappa shape index (κ2) is 11.8. The summed E-state index contributed by atoms with van der Waals surface area (Å²) in [6, 6.07) is 12.9. The van der Waals surface area contributed by atoms with E-state index in [1.165, 1.54) is 31.7 Å². The Balaban J connectivity index is 1.26. The number of carbonyl (C=O) groups is 3. The van der Waals surface area contributed by atoms with Crippen molar-refractivity contribution in [3.63, 3.8) is 0 Å². The van der Waals surface area contributed by atoms with Crippen LogP contribution in [0.15, 0.2) is 48.5 Å². The summed E-state index contributed by atoms with van der Waals surface area (Å²) in [4.78, 5) is 36.4. The molecule has 2 aromatic carbocycles. The fourth-order valence-corrected chi connectivity index (χ4v) is 5.45. The Kier molecular flexibility index (Phi) is 8.47. The molecule has 200 valence electrons. The molecule has 2 aromatic rings. The molecule has 2 fully saturated rings. The smallest absolute Gasteiger partial charge is 0.268 e. The van der Waals surface area contributed by atoms with Crippen LogP contribution in [-0.2, 0) is 9.59 Å². The summed E-state index contributed by atoms with van der Waals surface area (Å²) >= 11 is 0. The van der Waals surface area contributed by atoms with Gasteiger partial charge in [0.2, 0.25) is 5.91 Å². The number of hydroxylamine groups is 1. The van der Waals surface area contributed by atoms with Crippen molar-refractivity contribution in [2.24, 2.45) is 11.3 Å². The van der Waals surface area contributed by atoms with E-state index in [0.29, 0.717) is 35.2 Å². The Morgan fingerprint density at radius 2 is 1.66 bits per heavy atom. The van der Waals surface area contributed by atoms with Gasteiger partial charge in [0.1, 0.15) is 6.04 Å². The lowest BCUT2D eigenvalue weighted by molar-refractivity contribution is -0.133. The normalized spacial score (nSPS) is 23.1. The van der Waals surface area contributed by atoms with Crippen molar-refractivity contribution >= 4 is 23.4 Å². The first-order valence-corrected chi connectivity index (χ1v) is 12.8. The molecule has 6 N–H and O–H groups in total. The topological polar surface area (TPSA) is 140 Å². The van der Waals surface area contributed by atoms with Crippen molar-refractivity contribution in [1.82, 2.24) is 16.1 Å². The van der Waals surface area contributed by atoms with Crippen LogP contribution in [0.1, 0.15) is 61.0 Å². The fourth-order valence-electron chi connectivity index (χ4n) is 5.45. The van der Waals surface area contributed by atoms with Crippen molar-refractivity contribution in [3.8, 4) is 11.8 Å². The Labute approximate surface area is 222 Å². The van der Waals surface area contributed by atoms with Gasteiger partial charge in [0, 0.05) is 28.4 Å². The molecule has 3 unspecified atom stereocenters. The van der Waals surface area contributed by atoms with E-state index in [0.717, 1.165) is 12.0 Å². The zero-order valence-electron chi connectivity index (χ0n) is 21.6. The van der Waals surface area contributed by atoms with Gasteiger partial charge in [0.15, 0.2) is 0 Å². The van der Waals surface area contributed by atoms with E-state index in [9.17, 15) is 19.5 Å². The number of aliphatic hydroxyl groups excluding tert-OH is 1. The SMILES string of the molecule is C[C@@H](O)[C@H](NC(=O)c1ccc(C#Cc2ccc(NC(=O)CNC3CC4(C)CCC3C4)cc2)cc1)C(=O)NO. The highest BCUT2D eigenvalue weighted by atomic mass is 16.5. The van der Waals surface area contributed by atoms with E-state index in [-0.39, 0.29) is 11.5 Å². The molecule has 0 saturated heterocycles. The van der Waals surface area contributed by atoms with Crippen molar-refractivity contribution in [2.75, 3.05) is 11.9 Å². The van der Waals surface area contributed by atoms with E-state index in [4.69, 9.17) is 5.21 Å². The largest absolute Gasteiger partial charge is 0.391 e. The summed E-state index contributed by atoms with van der Waals surface area (Å²) in [5.74, 6) is 5.23. The summed E-state index contributed by atoms with van der Waals surface area (Å²) in [7, 11) is 0. The van der Waals surface area contributed by atoms with E-state index >= 15 is 0 Å². The minimum absolute atomic E-state index is 0.0577. The number of fused-ring (bicyclic) bond motifs is 2. The molecule has 0 radical (unpaired) electrons. The Morgan fingerprint density at radius 3 is 2.18 bits per heavy atom. The maximum Gasteiger partial charge on any atom is 0.268 e. The van der Waals surface area contributed by atoms with E-state index in [1.54, 1.807) is 24.3 Å². The monoisotopic (exact) mass is 518 g/mol. The van der Waals surface area contributed by atoms with Gasteiger partial charge in [0.25, 0.3) is 11.8 Å². The molecule has 9 heteroatoms. The Morgan fingerprint density at radius 1 is 1.03 bits per heavy atom. The first-order valence-electron chi connectivity index (χ1n) is 12.8. The molecule has 38 heavy (non-hydrogen) atoms. The first kappa shape index (κ1) is 27.3. The highest BCUT2D eigenvalue weighted by Gasteiger charge is 2.47. The van der Waals surface area contributed by atoms with Gasteiger partial charge < -0.3 is 21.1 Å².